The molecule has 0 saturated heterocycles. The Labute approximate surface area is 140 Å². The molecule has 0 bridgehead atoms. The number of aromatic nitrogens is 1. The number of aryl methyl sites for hydroxylation is 1. The molecule has 0 radical (unpaired) electrons. The molecule has 0 aliphatic heterocycles. The maximum absolute atomic E-state index is 12.4. The van der Waals surface area contributed by atoms with Crippen molar-refractivity contribution in [1.82, 2.24) is 9.88 Å². The standard InChI is InChI=1S/C19H19N3O2/c1-22-12-14(15-9-5-6-10-16(15)22)11-17(23)21-18(19(20)24)13-7-3-2-4-8-13/h2-10,12,18H,11H2,1H3,(H2,20,24)(H,21,23)/t18-/m1/s1. The van der Waals surface area contributed by atoms with Gasteiger partial charge < -0.3 is 15.6 Å². The maximum atomic E-state index is 12.4. The Kier molecular flexibility index (Phi) is 4.33. The number of amides is 2. The van der Waals surface area contributed by atoms with Crippen molar-refractivity contribution in [2.24, 2.45) is 12.8 Å². The van der Waals surface area contributed by atoms with Crippen LogP contribution in [0.2, 0.25) is 0 Å². The fourth-order valence-corrected chi connectivity index (χ4v) is 2.92. The molecule has 24 heavy (non-hydrogen) atoms. The van der Waals surface area contributed by atoms with E-state index >= 15 is 0 Å². The van der Waals surface area contributed by atoms with Crippen LogP contribution in [0.3, 0.4) is 0 Å². The Bertz CT molecular complexity index is 884. The maximum Gasteiger partial charge on any atom is 0.244 e. The summed E-state index contributed by atoms with van der Waals surface area (Å²) in [5.41, 5.74) is 8.11. The Morgan fingerprint density at radius 1 is 1.08 bits per heavy atom. The molecular formula is C19H19N3O2. The highest BCUT2D eigenvalue weighted by Gasteiger charge is 2.20. The summed E-state index contributed by atoms with van der Waals surface area (Å²) in [6.07, 6.45) is 2.13. The molecule has 1 atom stereocenters. The van der Waals surface area contributed by atoms with Gasteiger partial charge in [0.15, 0.2) is 0 Å². The van der Waals surface area contributed by atoms with Crippen molar-refractivity contribution in [3.05, 3.63) is 71.9 Å². The van der Waals surface area contributed by atoms with E-state index < -0.39 is 11.9 Å². The molecule has 0 spiro atoms. The monoisotopic (exact) mass is 321 g/mol. The highest BCUT2D eigenvalue weighted by atomic mass is 16.2. The Hall–Kier alpha value is -3.08. The molecule has 3 N–H and O–H groups in total. The van der Waals surface area contributed by atoms with E-state index in [-0.39, 0.29) is 12.3 Å². The normalized spacial score (nSPS) is 12.0. The van der Waals surface area contributed by atoms with Gasteiger partial charge in [0, 0.05) is 24.1 Å². The van der Waals surface area contributed by atoms with Gasteiger partial charge in [0.2, 0.25) is 11.8 Å². The van der Waals surface area contributed by atoms with Crippen LogP contribution < -0.4 is 11.1 Å². The first-order valence-electron chi connectivity index (χ1n) is 7.73. The Morgan fingerprint density at radius 3 is 2.46 bits per heavy atom. The third-order valence-corrected chi connectivity index (χ3v) is 4.05. The van der Waals surface area contributed by atoms with Crippen molar-refractivity contribution in [2.45, 2.75) is 12.5 Å². The van der Waals surface area contributed by atoms with Gasteiger partial charge in [-0.15, -0.1) is 0 Å². The lowest BCUT2D eigenvalue weighted by molar-refractivity contribution is -0.127. The minimum atomic E-state index is -0.825. The van der Waals surface area contributed by atoms with Crippen LogP contribution in [0.1, 0.15) is 17.2 Å². The van der Waals surface area contributed by atoms with Crippen LogP contribution in [0.4, 0.5) is 0 Å². The third kappa shape index (κ3) is 3.15. The summed E-state index contributed by atoms with van der Waals surface area (Å²) in [5, 5.41) is 3.77. The van der Waals surface area contributed by atoms with E-state index in [1.807, 2.05) is 60.3 Å². The summed E-state index contributed by atoms with van der Waals surface area (Å²) < 4.78 is 1.99. The van der Waals surface area contributed by atoms with Crippen LogP contribution in [-0.4, -0.2) is 16.4 Å². The first-order chi connectivity index (χ1) is 11.6. The van der Waals surface area contributed by atoms with Crippen LogP contribution in [0, 0.1) is 0 Å². The molecule has 3 rings (SSSR count). The van der Waals surface area contributed by atoms with Gasteiger partial charge in [-0.1, -0.05) is 48.5 Å². The number of hydrogen-bond acceptors (Lipinski definition) is 2. The predicted octanol–water partition coefficient (Wildman–Crippen LogP) is 2.06. The zero-order valence-electron chi connectivity index (χ0n) is 13.4. The van der Waals surface area contributed by atoms with Crippen LogP contribution in [0.25, 0.3) is 10.9 Å². The molecule has 1 aromatic heterocycles. The molecule has 0 saturated carbocycles. The van der Waals surface area contributed by atoms with Gasteiger partial charge in [0.1, 0.15) is 6.04 Å². The number of nitrogens with one attached hydrogen (secondary N) is 1. The number of para-hydroxylation sites is 1. The molecular weight excluding hydrogens is 302 g/mol. The summed E-state index contributed by atoms with van der Waals surface area (Å²) in [4.78, 5) is 24.1. The average Bonchev–Trinajstić information content (AvgIpc) is 2.89. The zero-order chi connectivity index (χ0) is 17.1. The molecule has 122 valence electrons. The van der Waals surface area contributed by atoms with Gasteiger partial charge in [-0.25, -0.2) is 0 Å². The van der Waals surface area contributed by atoms with E-state index in [9.17, 15) is 9.59 Å². The fourth-order valence-electron chi connectivity index (χ4n) is 2.92. The summed E-state index contributed by atoms with van der Waals surface area (Å²) in [7, 11) is 1.94. The predicted molar refractivity (Wildman–Crippen MR) is 93.1 cm³/mol. The quantitative estimate of drug-likeness (QED) is 0.754. The smallest absolute Gasteiger partial charge is 0.244 e. The summed E-state index contributed by atoms with van der Waals surface area (Å²) in [6, 6.07) is 16.1. The summed E-state index contributed by atoms with van der Waals surface area (Å²) in [5.74, 6) is -0.813. The van der Waals surface area contributed by atoms with Crippen molar-refractivity contribution in [3.8, 4) is 0 Å². The molecule has 1 heterocycles. The second kappa shape index (κ2) is 6.58. The minimum Gasteiger partial charge on any atom is -0.368 e. The topological polar surface area (TPSA) is 77.1 Å². The van der Waals surface area contributed by atoms with Crippen LogP contribution >= 0.6 is 0 Å². The third-order valence-electron chi connectivity index (χ3n) is 4.05. The second-order valence-corrected chi connectivity index (χ2v) is 5.77. The molecule has 2 amide bonds. The molecule has 0 unspecified atom stereocenters. The largest absolute Gasteiger partial charge is 0.368 e. The van der Waals surface area contributed by atoms with E-state index in [0.717, 1.165) is 16.5 Å². The van der Waals surface area contributed by atoms with Crippen molar-refractivity contribution >= 4 is 22.7 Å². The summed E-state index contributed by atoms with van der Waals surface area (Å²) >= 11 is 0. The van der Waals surface area contributed by atoms with Gasteiger partial charge in [0.05, 0.1) is 6.42 Å². The van der Waals surface area contributed by atoms with Gasteiger partial charge in [-0.2, -0.15) is 0 Å². The number of fused-ring (bicyclic) bond motifs is 1. The van der Waals surface area contributed by atoms with Crippen molar-refractivity contribution in [3.63, 3.8) is 0 Å². The molecule has 3 aromatic rings. The van der Waals surface area contributed by atoms with Crippen LogP contribution in [0.5, 0.6) is 0 Å². The molecule has 5 nitrogen and oxygen atoms in total. The van der Waals surface area contributed by atoms with Crippen LogP contribution in [-0.2, 0) is 23.1 Å². The molecule has 5 heteroatoms. The van der Waals surface area contributed by atoms with Gasteiger partial charge in [-0.05, 0) is 17.2 Å². The Balaban J connectivity index is 1.80. The van der Waals surface area contributed by atoms with Crippen molar-refractivity contribution < 1.29 is 9.59 Å². The van der Waals surface area contributed by atoms with E-state index in [1.54, 1.807) is 12.1 Å². The average molecular weight is 321 g/mol. The molecule has 0 fully saturated rings. The highest BCUT2D eigenvalue weighted by Crippen LogP contribution is 2.21. The van der Waals surface area contributed by atoms with Crippen LogP contribution in [0.15, 0.2) is 60.8 Å². The van der Waals surface area contributed by atoms with E-state index in [1.165, 1.54) is 0 Å². The SMILES string of the molecule is Cn1cc(CC(=O)N[C@@H](C(N)=O)c2ccccc2)c2ccccc21. The number of hydrogen-bond donors (Lipinski definition) is 2. The second-order valence-electron chi connectivity index (χ2n) is 5.77. The number of nitrogens with zero attached hydrogens (tertiary/aromatic N) is 1. The Morgan fingerprint density at radius 2 is 1.75 bits per heavy atom. The number of primary amides is 1. The number of carbonyl (C=O) groups is 2. The lowest BCUT2D eigenvalue weighted by Crippen LogP contribution is -2.38. The van der Waals surface area contributed by atoms with Gasteiger partial charge in [-0.3, -0.25) is 9.59 Å². The first-order valence-corrected chi connectivity index (χ1v) is 7.73. The lowest BCUT2D eigenvalue weighted by Gasteiger charge is -2.15. The zero-order valence-corrected chi connectivity index (χ0v) is 13.4. The van der Waals surface area contributed by atoms with E-state index in [0.29, 0.717) is 5.56 Å². The fraction of sp³-hybridized carbons (Fsp3) is 0.158. The molecule has 2 aromatic carbocycles. The lowest BCUT2D eigenvalue weighted by atomic mass is 10.1. The number of carbonyl (C=O) groups excluding carboxylic acids is 2. The highest BCUT2D eigenvalue weighted by molar-refractivity contribution is 5.92. The number of nitrogens with two attached hydrogens (primary N) is 1. The van der Waals surface area contributed by atoms with Gasteiger partial charge >= 0.3 is 0 Å². The number of rotatable bonds is 5. The van der Waals surface area contributed by atoms with Crippen molar-refractivity contribution in [1.29, 1.82) is 0 Å². The first kappa shape index (κ1) is 15.8. The molecule has 0 aliphatic carbocycles. The summed E-state index contributed by atoms with van der Waals surface area (Å²) in [6.45, 7) is 0. The van der Waals surface area contributed by atoms with E-state index in [4.69, 9.17) is 5.73 Å². The minimum absolute atomic E-state index is 0.192. The van der Waals surface area contributed by atoms with Crippen molar-refractivity contribution in [2.75, 3.05) is 0 Å². The van der Waals surface area contributed by atoms with E-state index in [2.05, 4.69) is 5.32 Å². The number of benzene rings is 2. The molecule has 0 aliphatic rings. The van der Waals surface area contributed by atoms with Gasteiger partial charge in [0.25, 0.3) is 0 Å².